The van der Waals surface area contributed by atoms with E-state index in [1.807, 2.05) is 26.2 Å². The fourth-order valence-corrected chi connectivity index (χ4v) is 2.90. The van der Waals surface area contributed by atoms with E-state index >= 15 is 0 Å². The highest BCUT2D eigenvalue weighted by Crippen LogP contribution is 2.20. The van der Waals surface area contributed by atoms with Gasteiger partial charge in [0, 0.05) is 12.6 Å². The predicted octanol–water partition coefficient (Wildman–Crippen LogP) is 1.74. The van der Waals surface area contributed by atoms with Crippen LogP contribution in [0, 0.1) is 0 Å². The molecule has 2 rings (SSSR count). The Hall–Kier alpha value is -1.53. The molecule has 1 fully saturated rings. The van der Waals surface area contributed by atoms with Gasteiger partial charge >= 0.3 is 0 Å². The number of aliphatic imine (C=N–C) groups is 1. The second-order valence-corrected chi connectivity index (χ2v) is 6.36. The summed E-state index contributed by atoms with van der Waals surface area (Å²) in [5, 5.41) is 16.4. The SMILES string of the molecule is CCNC(=NCC(c1ccco1)N(C)C)NC1CCC(O)CC1. The van der Waals surface area contributed by atoms with Crippen LogP contribution in [0.5, 0.6) is 0 Å². The Morgan fingerprint density at radius 1 is 1.39 bits per heavy atom. The molecule has 0 radical (unpaired) electrons. The largest absolute Gasteiger partial charge is 0.468 e. The maximum absolute atomic E-state index is 9.62. The zero-order valence-electron chi connectivity index (χ0n) is 14.5. The Labute approximate surface area is 139 Å². The first-order chi connectivity index (χ1) is 11.1. The number of rotatable bonds is 6. The fraction of sp³-hybridized carbons (Fsp3) is 0.706. The van der Waals surface area contributed by atoms with Crippen LogP contribution in [0.25, 0.3) is 0 Å². The molecule has 1 heterocycles. The molecule has 0 aromatic carbocycles. The number of furan rings is 1. The van der Waals surface area contributed by atoms with Gasteiger partial charge in [-0.3, -0.25) is 9.89 Å². The highest BCUT2D eigenvalue weighted by atomic mass is 16.3. The smallest absolute Gasteiger partial charge is 0.191 e. The molecule has 3 N–H and O–H groups in total. The summed E-state index contributed by atoms with van der Waals surface area (Å²) < 4.78 is 5.53. The van der Waals surface area contributed by atoms with Crippen LogP contribution in [0.4, 0.5) is 0 Å². The lowest BCUT2D eigenvalue weighted by atomic mass is 9.93. The Bertz CT molecular complexity index is 465. The minimum absolute atomic E-state index is 0.119. The van der Waals surface area contributed by atoms with Crippen molar-refractivity contribution in [2.24, 2.45) is 4.99 Å². The normalized spacial score (nSPS) is 23.8. The van der Waals surface area contributed by atoms with E-state index < -0.39 is 0 Å². The van der Waals surface area contributed by atoms with Crippen molar-refractivity contribution in [1.82, 2.24) is 15.5 Å². The van der Waals surface area contributed by atoms with Crippen molar-refractivity contribution in [2.45, 2.75) is 50.8 Å². The lowest BCUT2D eigenvalue weighted by molar-refractivity contribution is 0.120. The highest BCUT2D eigenvalue weighted by molar-refractivity contribution is 5.80. The van der Waals surface area contributed by atoms with Crippen LogP contribution in [0.15, 0.2) is 27.8 Å². The molecule has 1 saturated carbocycles. The molecule has 1 aromatic heterocycles. The average molecular weight is 322 g/mol. The number of likely N-dealkylation sites (N-methyl/N-ethyl adjacent to an activating group) is 1. The molecule has 0 aliphatic heterocycles. The first-order valence-electron chi connectivity index (χ1n) is 8.53. The maximum atomic E-state index is 9.62. The third kappa shape index (κ3) is 5.55. The van der Waals surface area contributed by atoms with Gasteiger partial charge in [-0.15, -0.1) is 0 Å². The highest BCUT2D eigenvalue weighted by Gasteiger charge is 2.21. The zero-order valence-corrected chi connectivity index (χ0v) is 14.5. The van der Waals surface area contributed by atoms with Crippen LogP contribution in [-0.4, -0.2) is 55.3 Å². The third-order valence-corrected chi connectivity index (χ3v) is 4.30. The molecule has 1 unspecified atom stereocenters. The lowest BCUT2D eigenvalue weighted by Gasteiger charge is -2.28. The standard InChI is InChI=1S/C17H30N4O2/c1-4-18-17(20-13-7-9-14(22)10-8-13)19-12-15(21(2)3)16-6-5-11-23-16/h5-6,11,13-15,22H,4,7-10,12H2,1-3H3,(H2,18,19,20). The number of nitrogens with one attached hydrogen (secondary N) is 2. The van der Waals surface area contributed by atoms with Gasteiger partial charge in [0.25, 0.3) is 0 Å². The van der Waals surface area contributed by atoms with Gasteiger partial charge in [0.1, 0.15) is 5.76 Å². The first-order valence-corrected chi connectivity index (χ1v) is 8.53. The van der Waals surface area contributed by atoms with E-state index in [4.69, 9.17) is 9.41 Å². The molecular weight excluding hydrogens is 292 g/mol. The molecule has 6 heteroatoms. The van der Waals surface area contributed by atoms with E-state index in [1.165, 1.54) is 0 Å². The predicted molar refractivity (Wildman–Crippen MR) is 92.5 cm³/mol. The van der Waals surface area contributed by atoms with Gasteiger partial charge < -0.3 is 20.2 Å². The van der Waals surface area contributed by atoms with Gasteiger partial charge in [-0.25, -0.2) is 0 Å². The van der Waals surface area contributed by atoms with E-state index in [0.29, 0.717) is 12.6 Å². The third-order valence-electron chi connectivity index (χ3n) is 4.30. The topological polar surface area (TPSA) is 73.0 Å². The van der Waals surface area contributed by atoms with Crippen LogP contribution < -0.4 is 10.6 Å². The molecular formula is C17H30N4O2. The molecule has 1 aliphatic carbocycles. The monoisotopic (exact) mass is 322 g/mol. The van der Waals surface area contributed by atoms with Crippen molar-refractivity contribution >= 4 is 5.96 Å². The van der Waals surface area contributed by atoms with Crippen LogP contribution in [0.2, 0.25) is 0 Å². The summed E-state index contributed by atoms with van der Waals surface area (Å²) in [4.78, 5) is 6.85. The summed E-state index contributed by atoms with van der Waals surface area (Å²) in [7, 11) is 4.07. The molecule has 23 heavy (non-hydrogen) atoms. The van der Waals surface area contributed by atoms with Gasteiger partial charge in [-0.1, -0.05) is 0 Å². The number of hydrogen-bond acceptors (Lipinski definition) is 4. The van der Waals surface area contributed by atoms with Crippen molar-refractivity contribution < 1.29 is 9.52 Å². The average Bonchev–Trinajstić information content (AvgIpc) is 3.03. The Morgan fingerprint density at radius 3 is 2.70 bits per heavy atom. The summed E-state index contributed by atoms with van der Waals surface area (Å²) in [6.45, 7) is 3.53. The summed E-state index contributed by atoms with van der Waals surface area (Å²) in [5.41, 5.74) is 0. The number of hydrogen-bond donors (Lipinski definition) is 3. The summed E-state index contributed by atoms with van der Waals surface area (Å²) >= 11 is 0. The van der Waals surface area contributed by atoms with Crippen LogP contribution in [0.1, 0.15) is 44.4 Å². The van der Waals surface area contributed by atoms with E-state index in [2.05, 4.69) is 22.5 Å². The Kier molecular flexibility index (Phi) is 6.92. The van der Waals surface area contributed by atoms with E-state index in [9.17, 15) is 5.11 Å². The van der Waals surface area contributed by atoms with Gasteiger partial charge in [-0.05, 0) is 58.8 Å². The molecule has 0 amide bonds. The van der Waals surface area contributed by atoms with E-state index in [1.54, 1.807) is 6.26 Å². The molecule has 1 atom stereocenters. The number of nitrogens with zero attached hydrogens (tertiary/aromatic N) is 2. The lowest BCUT2D eigenvalue weighted by Crippen LogP contribution is -2.45. The molecule has 130 valence electrons. The first kappa shape index (κ1) is 17.8. The number of aliphatic hydroxyl groups excluding tert-OH is 1. The molecule has 0 bridgehead atoms. The van der Waals surface area contributed by atoms with Crippen LogP contribution >= 0.6 is 0 Å². The van der Waals surface area contributed by atoms with E-state index in [0.717, 1.165) is 43.9 Å². The van der Waals surface area contributed by atoms with Crippen molar-refractivity contribution in [3.8, 4) is 0 Å². The minimum atomic E-state index is -0.135. The Morgan fingerprint density at radius 2 is 2.13 bits per heavy atom. The Balaban J connectivity index is 1.96. The molecule has 0 spiro atoms. The van der Waals surface area contributed by atoms with Crippen LogP contribution in [-0.2, 0) is 0 Å². The fourth-order valence-electron chi connectivity index (χ4n) is 2.90. The number of guanidine groups is 1. The van der Waals surface area contributed by atoms with Crippen molar-refractivity contribution in [3.05, 3.63) is 24.2 Å². The second kappa shape index (κ2) is 8.93. The minimum Gasteiger partial charge on any atom is -0.468 e. The number of aliphatic hydroxyl groups is 1. The van der Waals surface area contributed by atoms with Gasteiger partial charge in [0.05, 0.1) is 25.0 Å². The van der Waals surface area contributed by atoms with Crippen LogP contribution in [0.3, 0.4) is 0 Å². The summed E-state index contributed by atoms with van der Waals surface area (Å²) in [6.07, 6.45) is 5.27. The van der Waals surface area contributed by atoms with Crippen molar-refractivity contribution in [3.63, 3.8) is 0 Å². The molecule has 6 nitrogen and oxygen atoms in total. The van der Waals surface area contributed by atoms with Gasteiger partial charge in [0.2, 0.25) is 0 Å². The second-order valence-electron chi connectivity index (χ2n) is 6.36. The molecule has 0 saturated heterocycles. The molecule has 1 aromatic rings. The quantitative estimate of drug-likeness (QED) is 0.550. The maximum Gasteiger partial charge on any atom is 0.191 e. The van der Waals surface area contributed by atoms with Gasteiger partial charge in [-0.2, -0.15) is 0 Å². The van der Waals surface area contributed by atoms with Gasteiger partial charge in [0.15, 0.2) is 5.96 Å². The molecule has 1 aliphatic rings. The summed E-state index contributed by atoms with van der Waals surface area (Å²) in [5.74, 6) is 1.77. The summed E-state index contributed by atoms with van der Waals surface area (Å²) in [6, 6.07) is 4.40. The van der Waals surface area contributed by atoms with Crippen molar-refractivity contribution in [2.75, 3.05) is 27.2 Å². The van der Waals surface area contributed by atoms with E-state index in [-0.39, 0.29) is 12.1 Å². The zero-order chi connectivity index (χ0) is 16.7. The van der Waals surface area contributed by atoms with Crippen molar-refractivity contribution in [1.29, 1.82) is 0 Å².